The average Bonchev–Trinajstić information content (AvgIpc) is 2.20. The largest absolute Gasteiger partial charge is 0.325 e. The van der Waals surface area contributed by atoms with E-state index in [1.54, 1.807) is 0 Å². The highest BCUT2D eigenvalue weighted by atomic mass is 32.5. The standard InChI is InChI=1S/C10H22.2H3O3PS/c1-4-7-8-9-10(5-2)6-3;2*1-4(2,3)5/h10H,4-9H2,1-3H3;2*(H3,1,2,3,5). The van der Waals surface area contributed by atoms with E-state index in [9.17, 15) is 0 Å². The van der Waals surface area contributed by atoms with E-state index >= 15 is 0 Å². The second kappa shape index (κ2) is 15.0. The predicted octanol–water partition coefficient (Wildman–Crippen LogP) is 2.38. The Morgan fingerprint density at radius 2 is 1.05 bits per heavy atom. The molecule has 6 nitrogen and oxygen atoms in total. The highest BCUT2D eigenvalue weighted by molar-refractivity contribution is 8.06. The van der Waals surface area contributed by atoms with Crippen LogP contribution >= 0.6 is 13.4 Å². The first kappa shape index (κ1) is 26.0. The van der Waals surface area contributed by atoms with Gasteiger partial charge in [-0.3, -0.25) is 0 Å². The third kappa shape index (κ3) is 61.4. The van der Waals surface area contributed by atoms with E-state index in [1.807, 2.05) is 0 Å². The summed E-state index contributed by atoms with van der Waals surface area (Å²) in [5, 5.41) is 0. The van der Waals surface area contributed by atoms with Gasteiger partial charge in [0.2, 0.25) is 0 Å². The van der Waals surface area contributed by atoms with Gasteiger partial charge in [0, 0.05) is 0 Å². The molecule has 0 spiro atoms. The normalized spacial score (nSPS) is 11.3. The molecule has 0 radical (unpaired) electrons. The maximum absolute atomic E-state index is 7.56. The van der Waals surface area contributed by atoms with Crippen LogP contribution in [0.2, 0.25) is 0 Å². The monoisotopic (exact) mass is 370 g/mol. The highest BCUT2D eigenvalue weighted by Crippen LogP contribution is 2.27. The van der Waals surface area contributed by atoms with Gasteiger partial charge in [0.1, 0.15) is 0 Å². The van der Waals surface area contributed by atoms with Crippen LogP contribution in [0, 0.1) is 5.92 Å². The van der Waals surface area contributed by atoms with Crippen LogP contribution in [0.1, 0.15) is 59.3 Å². The van der Waals surface area contributed by atoms with Gasteiger partial charge in [-0.2, -0.15) is 0 Å². The first-order valence-electron chi connectivity index (χ1n) is 6.41. The van der Waals surface area contributed by atoms with E-state index in [4.69, 9.17) is 29.4 Å². The molecule has 0 rings (SSSR count). The van der Waals surface area contributed by atoms with Crippen LogP contribution in [0.25, 0.3) is 0 Å². The van der Waals surface area contributed by atoms with Gasteiger partial charge in [-0.1, -0.05) is 59.3 Å². The number of hydrogen-bond acceptors (Lipinski definition) is 2. The summed E-state index contributed by atoms with van der Waals surface area (Å²) in [5.41, 5.74) is 0. The van der Waals surface area contributed by atoms with Gasteiger partial charge in [-0.05, 0) is 29.5 Å². The smallest absolute Gasteiger partial charge is 0.319 e. The molecule has 0 aliphatic heterocycles. The molecule has 0 aliphatic carbocycles. The van der Waals surface area contributed by atoms with E-state index in [2.05, 4.69) is 44.4 Å². The van der Waals surface area contributed by atoms with Crippen LogP contribution in [0.3, 0.4) is 0 Å². The van der Waals surface area contributed by atoms with Crippen molar-refractivity contribution in [3.05, 3.63) is 0 Å². The fraction of sp³-hybridized carbons (Fsp3) is 1.00. The summed E-state index contributed by atoms with van der Waals surface area (Å²) in [5.74, 6) is 1.01. The lowest BCUT2D eigenvalue weighted by molar-refractivity contribution is 0.361. The maximum Gasteiger partial charge on any atom is 0.319 e. The van der Waals surface area contributed by atoms with Crippen molar-refractivity contribution in [3.63, 3.8) is 0 Å². The molecule has 0 aromatic carbocycles. The van der Waals surface area contributed by atoms with E-state index in [-0.39, 0.29) is 0 Å². The molecule has 0 unspecified atom stereocenters. The Labute approximate surface area is 132 Å². The zero-order chi connectivity index (χ0) is 16.8. The summed E-state index contributed by atoms with van der Waals surface area (Å²) < 4.78 is 0. The molecular formula is C10H28O6P2S2. The van der Waals surface area contributed by atoms with Crippen LogP contribution in [0.15, 0.2) is 0 Å². The molecule has 0 saturated carbocycles. The highest BCUT2D eigenvalue weighted by Gasteiger charge is 2.00. The second-order valence-corrected chi connectivity index (χ2v) is 9.20. The van der Waals surface area contributed by atoms with Gasteiger partial charge < -0.3 is 29.4 Å². The van der Waals surface area contributed by atoms with Gasteiger partial charge in [-0.25, -0.2) is 0 Å². The lowest BCUT2D eigenvalue weighted by Gasteiger charge is -2.10. The SMILES string of the molecule is CCCCCC(CC)CC.OP(O)(O)=S.OP(O)(O)=S. The zero-order valence-corrected chi connectivity index (χ0v) is 15.6. The molecule has 0 aromatic rings. The van der Waals surface area contributed by atoms with Gasteiger partial charge in [0.05, 0.1) is 0 Å². The van der Waals surface area contributed by atoms with Gasteiger partial charge in [0.25, 0.3) is 0 Å². The summed E-state index contributed by atoms with van der Waals surface area (Å²) >= 11 is 7.21. The molecule has 0 aromatic heterocycles. The van der Waals surface area contributed by atoms with Crippen molar-refractivity contribution in [2.45, 2.75) is 59.3 Å². The molecule has 0 amide bonds. The van der Waals surface area contributed by atoms with E-state index < -0.39 is 13.4 Å². The lowest BCUT2D eigenvalue weighted by Crippen LogP contribution is -1.95. The van der Waals surface area contributed by atoms with Crippen molar-refractivity contribution in [2.75, 3.05) is 0 Å². The van der Waals surface area contributed by atoms with Gasteiger partial charge in [0.15, 0.2) is 0 Å². The number of unbranched alkanes of at least 4 members (excludes halogenated alkanes) is 2. The quantitative estimate of drug-likeness (QED) is 0.311. The topological polar surface area (TPSA) is 121 Å². The van der Waals surface area contributed by atoms with Crippen molar-refractivity contribution in [1.82, 2.24) is 0 Å². The summed E-state index contributed by atoms with van der Waals surface area (Å²) in [6, 6.07) is 0. The van der Waals surface area contributed by atoms with Crippen molar-refractivity contribution in [1.29, 1.82) is 0 Å². The molecule has 0 atom stereocenters. The van der Waals surface area contributed by atoms with E-state index in [0.717, 1.165) is 5.92 Å². The van der Waals surface area contributed by atoms with Crippen molar-refractivity contribution in [2.24, 2.45) is 5.92 Å². The minimum absolute atomic E-state index is 1.01. The van der Waals surface area contributed by atoms with Crippen LogP contribution in [-0.4, -0.2) is 29.4 Å². The number of rotatable bonds is 6. The Bertz CT molecular complexity index is 251. The molecule has 126 valence electrons. The molecule has 0 heterocycles. The average molecular weight is 370 g/mol. The Hall–Kier alpha value is 1.06. The fourth-order valence-electron chi connectivity index (χ4n) is 1.38. The Kier molecular flexibility index (Phi) is 19.5. The first-order valence-corrected chi connectivity index (χ1v) is 11.7. The number of hydrogen-bond donors (Lipinski definition) is 6. The molecule has 0 fully saturated rings. The third-order valence-corrected chi connectivity index (χ3v) is 2.37. The minimum atomic E-state index is -3.81. The molecule has 0 aliphatic rings. The van der Waals surface area contributed by atoms with E-state index in [1.165, 1.54) is 38.5 Å². The molecule has 20 heavy (non-hydrogen) atoms. The minimum Gasteiger partial charge on any atom is -0.325 e. The van der Waals surface area contributed by atoms with Crippen molar-refractivity contribution < 1.29 is 29.4 Å². The van der Waals surface area contributed by atoms with Crippen molar-refractivity contribution in [3.8, 4) is 0 Å². The van der Waals surface area contributed by atoms with E-state index in [0.29, 0.717) is 0 Å². The molecule has 6 N–H and O–H groups in total. The van der Waals surface area contributed by atoms with Crippen LogP contribution in [-0.2, 0) is 23.6 Å². The van der Waals surface area contributed by atoms with Crippen molar-refractivity contribution >= 4 is 37.1 Å². The summed E-state index contributed by atoms with van der Waals surface area (Å²) in [4.78, 5) is 45.3. The maximum atomic E-state index is 7.56. The summed E-state index contributed by atoms with van der Waals surface area (Å²) in [7, 11) is 0. The van der Waals surface area contributed by atoms with Crippen LogP contribution in [0.4, 0.5) is 0 Å². The molecule has 0 saturated heterocycles. The van der Waals surface area contributed by atoms with Gasteiger partial charge in [-0.15, -0.1) is 0 Å². The zero-order valence-electron chi connectivity index (χ0n) is 12.2. The molecular weight excluding hydrogens is 342 g/mol. The molecule has 0 bridgehead atoms. The fourth-order valence-corrected chi connectivity index (χ4v) is 1.38. The third-order valence-electron chi connectivity index (χ3n) is 2.37. The lowest BCUT2D eigenvalue weighted by atomic mass is 9.96. The Morgan fingerprint density at radius 1 is 0.750 bits per heavy atom. The molecule has 10 heteroatoms. The Morgan fingerprint density at radius 3 is 1.25 bits per heavy atom. The Balaban J connectivity index is -0.000000244. The van der Waals surface area contributed by atoms with Crippen LogP contribution in [0.5, 0.6) is 0 Å². The summed E-state index contributed by atoms with van der Waals surface area (Å²) in [6.45, 7) is -0.729. The second-order valence-electron chi connectivity index (χ2n) is 4.20. The van der Waals surface area contributed by atoms with Gasteiger partial charge >= 0.3 is 13.4 Å². The predicted molar refractivity (Wildman–Crippen MR) is 90.1 cm³/mol. The summed E-state index contributed by atoms with van der Waals surface area (Å²) in [6.07, 6.45) is 8.45. The first-order chi connectivity index (χ1) is 8.85. The van der Waals surface area contributed by atoms with Crippen LogP contribution < -0.4 is 0 Å².